The summed E-state index contributed by atoms with van der Waals surface area (Å²) in [6.45, 7) is 5.17. The molecule has 1 aliphatic heterocycles. The van der Waals surface area contributed by atoms with Crippen molar-refractivity contribution in [3.63, 3.8) is 0 Å². The molecule has 0 unspecified atom stereocenters. The number of pyridine rings is 1. The van der Waals surface area contributed by atoms with Crippen molar-refractivity contribution < 1.29 is 9.84 Å². The Morgan fingerprint density at radius 2 is 1.85 bits per heavy atom. The zero-order valence-electron chi connectivity index (χ0n) is 19.5. The third kappa shape index (κ3) is 4.65. The fourth-order valence-corrected chi connectivity index (χ4v) is 4.29. The smallest absolute Gasteiger partial charge is 0.139 e. The molecule has 7 nitrogen and oxygen atoms in total. The molecule has 172 valence electrons. The van der Waals surface area contributed by atoms with Gasteiger partial charge < -0.3 is 19.6 Å². The van der Waals surface area contributed by atoms with Gasteiger partial charge in [0.2, 0.25) is 0 Å². The van der Waals surface area contributed by atoms with Gasteiger partial charge in [0.15, 0.2) is 0 Å². The third-order valence-electron chi connectivity index (χ3n) is 6.44. The maximum atomic E-state index is 10.2. The first-order chi connectivity index (χ1) is 15.9. The lowest BCUT2D eigenvalue weighted by atomic mass is 9.93. The predicted molar refractivity (Wildman–Crippen MR) is 132 cm³/mol. The second-order valence-electron chi connectivity index (χ2n) is 9.45. The van der Waals surface area contributed by atoms with Crippen LogP contribution in [0.25, 0.3) is 27.8 Å². The van der Waals surface area contributed by atoms with Gasteiger partial charge in [-0.2, -0.15) is 0 Å². The van der Waals surface area contributed by atoms with Crippen LogP contribution in [0.3, 0.4) is 0 Å². The molecule has 0 saturated carbocycles. The Hall–Kier alpha value is -3.16. The van der Waals surface area contributed by atoms with Crippen molar-refractivity contribution in [3.05, 3.63) is 54.9 Å². The van der Waals surface area contributed by atoms with Crippen molar-refractivity contribution in [2.75, 3.05) is 45.2 Å². The summed E-state index contributed by atoms with van der Waals surface area (Å²) in [6.07, 6.45) is 3.40. The molecule has 0 bridgehead atoms. The summed E-state index contributed by atoms with van der Waals surface area (Å²) in [6, 6.07) is 16.5. The number of likely N-dealkylation sites (N-methyl/N-ethyl adjacent to an activating group) is 1. The molecule has 2 aromatic carbocycles. The minimum atomic E-state index is -0.545. The van der Waals surface area contributed by atoms with E-state index in [1.165, 1.54) is 5.69 Å². The molecule has 0 amide bonds. The summed E-state index contributed by atoms with van der Waals surface area (Å²) in [5.41, 5.74) is 3.47. The molecule has 2 aromatic heterocycles. The molecule has 0 radical (unpaired) electrons. The van der Waals surface area contributed by atoms with Gasteiger partial charge in [-0.1, -0.05) is 0 Å². The van der Waals surface area contributed by atoms with Gasteiger partial charge in [0, 0.05) is 36.8 Å². The molecular formula is C26H31N5O2. The van der Waals surface area contributed by atoms with Crippen LogP contribution in [0.15, 0.2) is 54.9 Å². The van der Waals surface area contributed by atoms with Crippen LogP contribution in [0.2, 0.25) is 0 Å². The monoisotopic (exact) mass is 445 g/mol. The summed E-state index contributed by atoms with van der Waals surface area (Å²) in [5.74, 6) is 1.67. The van der Waals surface area contributed by atoms with Crippen molar-refractivity contribution in [2.45, 2.75) is 25.4 Å². The summed E-state index contributed by atoms with van der Waals surface area (Å²) in [7, 11) is 4.06. The van der Waals surface area contributed by atoms with Crippen LogP contribution < -0.4 is 9.64 Å². The number of fused-ring (bicyclic) bond motifs is 2. The molecular weight excluding hydrogens is 414 g/mol. The number of hydrogen-bond acceptors (Lipinski definition) is 6. The number of ether oxygens (including phenoxy) is 1. The minimum Gasteiger partial charge on any atom is -0.492 e. The maximum Gasteiger partial charge on any atom is 0.139 e. The lowest BCUT2D eigenvalue weighted by molar-refractivity contribution is 0.0351. The van der Waals surface area contributed by atoms with E-state index in [0.29, 0.717) is 6.61 Å². The topological polar surface area (TPSA) is 66.7 Å². The van der Waals surface area contributed by atoms with Gasteiger partial charge in [0.25, 0.3) is 0 Å². The number of piperidine rings is 1. The Bertz CT molecular complexity index is 1270. The Morgan fingerprint density at radius 3 is 2.64 bits per heavy atom. The second-order valence-corrected chi connectivity index (χ2v) is 9.45. The van der Waals surface area contributed by atoms with E-state index in [-0.39, 0.29) is 0 Å². The first kappa shape index (κ1) is 21.7. The van der Waals surface area contributed by atoms with Crippen LogP contribution in [0.5, 0.6) is 5.75 Å². The molecule has 0 atom stereocenters. The molecule has 1 N–H and O–H groups in total. The maximum absolute atomic E-state index is 10.2. The molecule has 5 rings (SSSR count). The van der Waals surface area contributed by atoms with E-state index in [4.69, 9.17) is 9.72 Å². The highest BCUT2D eigenvalue weighted by atomic mass is 16.5. The summed E-state index contributed by atoms with van der Waals surface area (Å²) in [4.78, 5) is 13.9. The second kappa shape index (κ2) is 8.65. The van der Waals surface area contributed by atoms with E-state index in [9.17, 15) is 5.11 Å². The Kier molecular flexibility index (Phi) is 5.68. The van der Waals surface area contributed by atoms with E-state index in [0.717, 1.165) is 66.0 Å². The van der Waals surface area contributed by atoms with Gasteiger partial charge >= 0.3 is 0 Å². The molecule has 0 spiro atoms. The van der Waals surface area contributed by atoms with Crippen molar-refractivity contribution >= 4 is 27.6 Å². The lowest BCUT2D eigenvalue weighted by Crippen LogP contribution is -2.42. The molecule has 1 saturated heterocycles. The zero-order valence-corrected chi connectivity index (χ0v) is 19.5. The van der Waals surface area contributed by atoms with Crippen LogP contribution in [0, 0.1) is 0 Å². The summed E-state index contributed by atoms with van der Waals surface area (Å²) in [5, 5.41) is 11.3. The Morgan fingerprint density at radius 1 is 1.03 bits per heavy atom. The van der Waals surface area contributed by atoms with Crippen LogP contribution in [0.1, 0.15) is 19.8 Å². The van der Waals surface area contributed by atoms with Crippen LogP contribution in [-0.4, -0.2) is 70.5 Å². The average Bonchev–Trinajstić information content (AvgIpc) is 3.21. The van der Waals surface area contributed by atoms with Gasteiger partial charge in [-0.3, -0.25) is 4.57 Å². The summed E-state index contributed by atoms with van der Waals surface area (Å²) >= 11 is 0. The number of rotatable bonds is 6. The van der Waals surface area contributed by atoms with Crippen molar-refractivity contribution in [3.8, 4) is 11.6 Å². The normalized spacial score (nSPS) is 16.1. The first-order valence-corrected chi connectivity index (χ1v) is 11.5. The number of anilines is 1. The van der Waals surface area contributed by atoms with E-state index >= 15 is 0 Å². The number of aliphatic hydroxyl groups is 1. The molecule has 1 fully saturated rings. The fourth-order valence-electron chi connectivity index (χ4n) is 4.29. The quantitative estimate of drug-likeness (QED) is 0.486. The highest BCUT2D eigenvalue weighted by molar-refractivity contribution is 5.84. The van der Waals surface area contributed by atoms with Crippen LogP contribution in [0.4, 0.5) is 5.69 Å². The van der Waals surface area contributed by atoms with Crippen molar-refractivity contribution in [1.29, 1.82) is 0 Å². The molecule has 1 aliphatic rings. The van der Waals surface area contributed by atoms with Gasteiger partial charge in [-0.15, -0.1) is 0 Å². The van der Waals surface area contributed by atoms with Crippen molar-refractivity contribution in [2.24, 2.45) is 0 Å². The van der Waals surface area contributed by atoms with Gasteiger partial charge in [0.05, 0.1) is 22.2 Å². The number of hydrogen-bond donors (Lipinski definition) is 1. The predicted octanol–water partition coefficient (Wildman–Crippen LogP) is 3.87. The highest BCUT2D eigenvalue weighted by Gasteiger charge is 2.27. The van der Waals surface area contributed by atoms with E-state index in [1.807, 2.05) is 56.2 Å². The zero-order chi connectivity index (χ0) is 23.0. The largest absolute Gasteiger partial charge is 0.492 e. The van der Waals surface area contributed by atoms with Gasteiger partial charge in [-0.05, 0) is 76.3 Å². The number of nitrogens with zero attached hydrogens (tertiary/aromatic N) is 5. The lowest BCUT2D eigenvalue weighted by Gasteiger charge is -2.37. The van der Waals surface area contributed by atoms with Crippen molar-refractivity contribution in [1.82, 2.24) is 19.4 Å². The van der Waals surface area contributed by atoms with E-state index < -0.39 is 5.60 Å². The standard InChI is InChI=1S/C26H31N5O2/c1-26(32)10-12-30(13-11-26)20-5-7-22-19(16-20)4-9-25(28-22)31-18-27-23-17-21(6-8-24(23)31)33-15-14-29(2)3/h4-9,16-18,32H,10-15H2,1-3H3. The van der Waals surface area contributed by atoms with Crippen LogP contribution in [-0.2, 0) is 0 Å². The minimum absolute atomic E-state index is 0.545. The third-order valence-corrected chi connectivity index (χ3v) is 6.44. The highest BCUT2D eigenvalue weighted by Crippen LogP contribution is 2.29. The van der Waals surface area contributed by atoms with Gasteiger partial charge in [-0.25, -0.2) is 9.97 Å². The number of imidazole rings is 1. The fraction of sp³-hybridized carbons (Fsp3) is 0.385. The first-order valence-electron chi connectivity index (χ1n) is 11.5. The van der Waals surface area contributed by atoms with Crippen LogP contribution >= 0.6 is 0 Å². The molecule has 0 aliphatic carbocycles. The average molecular weight is 446 g/mol. The number of aromatic nitrogens is 3. The Labute approximate surface area is 194 Å². The van der Waals surface area contributed by atoms with E-state index in [2.05, 4.69) is 39.0 Å². The Balaban J connectivity index is 1.37. The molecule has 4 aromatic rings. The summed E-state index contributed by atoms with van der Waals surface area (Å²) < 4.78 is 7.86. The molecule has 3 heterocycles. The number of benzene rings is 2. The molecule has 33 heavy (non-hydrogen) atoms. The van der Waals surface area contributed by atoms with Gasteiger partial charge in [0.1, 0.15) is 24.5 Å². The van der Waals surface area contributed by atoms with E-state index in [1.54, 1.807) is 0 Å². The molecule has 7 heteroatoms. The SMILES string of the molecule is CN(C)CCOc1ccc2c(c1)ncn2-c1ccc2cc(N3CCC(C)(O)CC3)ccc2n1.